The molecule has 0 unspecified atom stereocenters. The first kappa shape index (κ1) is 30.7. The third-order valence-electron chi connectivity index (χ3n) is 8.83. The van der Waals surface area contributed by atoms with Crippen LogP contribution in [0.25, 0.3) is 0 Å². The highest BCUT2D eigenvalue weighted by Gasteiger charge is 2.33. The molecule has 3 heteroatoms. The number of aromatic hydroxyl groups is 3. The molecule has 0 aromatic heterocycles. The van der Waals surface area contributed by atoms with Gasteiger partial charge in [-0.3, -0.25) is 0 Å². The number of aryl methyl sites for hydroxylation is 1. The van der Waals surface area contributed by atoms with Gasteiger partial charge in [0.2, 0.25) is 0 Å². The second-order valence-corrected chi connectivity index (χ2v) is 11.9. The fraction of sp³-hybridized carbons (Fsp3) is 0.282. The van der Waals surface area contributed by atoms with Crippen LogP contribution in [0.2, 0.25) is 0 Å². The van der Waals surface area contributed by atoms with Crippen molar-refractivity contribution in [3.8, 4) is 17.2 Å². The molecule has 0 atom stereocenters. The molecule has 4 aromatic carbocycles. The Labute approximate surface area is 251 Å². The van der Waals surface area contributed by atoms with Gasteiger partial charge in [0.25, 0.3) is 0 Å². The summed E-state index contributed by atoms with van der Waals surface area (Å²) in [5.74, 6) is 0.871. The smallest absolute Gasteiger partial charge is 0.119 e. The predicted molar refractivity (Wildman–Crippen MR) is 175 cm³/mol. The maximum Gasteiger partial charge on any atom is 0.119 e. The molecular weight excluding hydrogens is 516 g/mol. The minimum atomic E-state index is -0.568. The molecule has 0 spiro atoms. The van der Waals surface area contributed by atoms with E-state index in [1.54, 1.807) is 24.3 Å². The first-order valence-electron chi connectivity index (χ1n) is 14.9. The van der Waals surface area contributed by atoms with Gasteiger partial charge < -0.3 is 15.3 Å². The number of hydrogen-bond donors (Lipinski definition) is 3. The van der Waals surface area contributed by atoms with Crippen LogP contribution in [0, 0.1) is 0 Å². The zero-order chi connectivity index (χ0) is 30.5. The van der Waals surface area contributed by atoms with Crippen molar-refractivity contribution in [2.24, 2.45) is 0 Å². The van der Waals surface area contributed by atoms with Gasteiger partial charge in [0.1, 0.15) is 17.2 Å². The van der Waals surface area contributed by atoms with Crippen LogP contribution in [0.15, 0.2) is 104 Å². The Morgan fingerprint density at radius 3 is 1.45 bits per heavy atom. The lowest BCUT2D eigenvalue weighted by Crippen LogP contribution is -2.26. The number of allylic oxidation sites excluding steroid dienone is 2. The number of unbranched alkanes of at least 4 members (excludes halogenated alkanes) is 1. The van der Waals surface area contributed by atoms with Gasteiger partial charge in [-0.1, -0.05) is 100 Å². The lowest BCUT2D eigenvalue weighted by molar-refractivity contribution is 0.465. The average Bonchev–Trinajstić information content (AvgIpc) is 2.98. The summed E-state index contributed by atoms with van der Waals surface area (Å²) in [5.41, 5.74) is 7.33. The lowest BCUT2D eigenvalue weighted by Gasteiger charge is -2.34. The van der Waals surface area contributed by atoms with E-state index in [4.69, 9.17) is 0 Å². The summed E-state index contributed by atoms with van der Waals surface area (Å²) >= 11 is 0. The Morgan fingerprint density at radius 1 is 0.571 bits per heavy atom. The third-order valence-corrected chi connectivity index (χ3v) is 8.83. The van der Waals surface area contributed by atoms with Crippen molar-refractivity contribution >= 4 is 0 Å². The second-order valence-electron chi connectivity index (χ2n) is 11.9. The van der Waals surface area contributed by atoms with Crippen molar-refractivity contribution in [1.82, 2.24) is 0 Å². The highest BCUT2D eigenvalue weighted by atomic mass is 16.3. The Bertz CT molecular complexity index is 1500. The van der Waals surface area contributed by atoms with Crippen LogP contribution in [0.4, 0.5) is 0 Å². The van der Waals surface area contributed by atoms with E-state index in [9.17, 15) is 15.3 Å². The van der Waals surface area contributed by atoms with Crippen molar-refractivity contribution in [1.29, 1.82) is 0 Å². The molecule has 0 aliphatic carbocycles. The minimum Gasteiger partial charge on any atom is -0.508 e. The van der Waals surface area contributed by atoms with E-state index >= 15 is 0 Å². The van der Waals surface area contributed by atoms with Crippen molar-refractivity contribution in [2.75, 3.05) is 0 Å². The lowest BCUT2D eigenvalue weighted by atomic mass is 9.69. The van der Waals surface area contributed by atoms with E-state index in [0.717, 1.165) is 52.6 Å². The van der Waals surface area contributed by atoms with Gasteiger partial charge in [0.15, 0.2) is 0 Å². The molecule has 3 nitrogen and oxygen atoms in total. The van der Waals surface area contributed by atoms with Gasteiger partial charge >= 0.3 is 0 Å². The highest BCUT2D eigenvalue weighted by molar-refractivity contribution is 5.55. The van der Waals surface area contributed by atoms with Crippen LogP contribution >= 0.6 is 0 Å². The van der Waals surface area contributed by atoms with Crippen molar-refractivity contribution in [3.05, 3.63) is 149 Å². The van der Waals surface area contributed by atoms with E-state index in [1.165, 1.54) is 11.1 Å². The van der Waals surface area contributed by atoms with Crippen LogP contribution < -0.4 is 0 Å². The molecule has 0 saturated carbocycles. The molecule has 4 rings (SSSR count). The maximum atomic E-state index is 10.5. The molecule has 0 amide bonds. The molecule has 0 aliphatic rings. The normalized spacial score (nSPS) is 11.8. The topological polar surface area (TPSA) is 60.7 Å². The molecule has 0 aliphatic heterocycles. The van der Waals surface area contributed by atoms with Gasteiger partial charge in [0.05, 0.1) is 0 Å². The average molecular weight is 561 g/mol. The Kier molecular flexibility index (Phi) is 9.31. The molecular formula is C39H44O3. The van der Waals surface area contributed by atoms with E-state index in [2.05, 4.69) is 83.3 Å². The summed E-state index contributed by atoms with van der Waals surface area (Å²) in [7, 11) is 0. The van der Waals surface area contributed by atoms with Crippen LogP contribution in [0.3, 0.4) is 0 Å². The number of phenolic OH excluding ortho intramolecular Hbond substituents is 3. The summed E-state index contributed by atoms with van der Waals surface area (Å²) < 4.78 is 0. The molecule has 4 aromatic rings. The Balaban J connectivity index is 1.83. The summed E-state index contributed by atoms with van der Waals surface area (Å²) in [4.78, 5) is 0. The van der Waals surface area contributed by atoms with Crippen LogP contribution in [-0.4, -0.2) is 15.3 Å². The monoisotopic (exact) mass is 560 g/mol. The van der Waals surface area contributed by atoms with Crippen LogP contribution in [0.1, 0.15) is 85.0 Å². The molecule has 3 N–H and O–H groups in total. The molecule has 0 heterocycles. The van der Waals surface area contributed by atoms with Gasteiger partial charge in [-0.05, 0) is 95.3 Å². The molecule has 0 radical (unpaired) electrons. The minimum absolute atomic E-state index is 0.253. The number of hydrogen-bond acceptors (Lipinski definition) is 3. The van der Waals surface area contributed by atoms with Gasteiger partial charge in [-0.2, -0.15) is 0 Å². The summed E-state index contributed by atoms with van der Waals surface area (Å²) in [6, 6.07) is 26.4. The first-order valence-corrected chi connectivity index (χ1v) is 14.9. The van der Waals surface area contributed by atoms with Crippen LogP contribution in [-0.2, 0) is 30.1 Å². The third kappa shape index (κ3) is 6.01. The summed E-state index contributed by atoms with van der Waals surface area (Å²) in [6.07, 6.45) is 7.71. The van der Waals surface area contributed by atoms with E-state index in [-0.39, 0.29) is 16.9 Å². The molecule has 0 bridgehead atoms. The van der Waals surface area contributed by atoms with Gasteiger partial charge in [0, 0.05) is 10.8 Å². The van der Waals surface area contributed by atoms with Gasteiger partial charge in [-0.15, -0.1) is 13.2 Å². The molecule has 0 fully saturated rings. The second kappa shape index (κ2) is 12.7. The fourth-order valence-electron chi connectivity index (χ4n) is 5.86. The molecule has 218 valence electrons. The summed E-state index contributed by atoms with van der Waals surface area (Å²) in [5, 5.41) is 31.5. The Morgan fingerprint density at radius 2 is 0.976 bits per heavy atom. The van der Waals surface area contributed by atoms with E-state index in [0.29, 0.717) is 18.6 Å². The highest BCUT2D eigenvalue weighted by Crippen LogP contribution is 2.43. The number of benzene rings is 4. The zero-order valence-electron chi connectivity index (χ0n) is 25.5. The van der Waals surface area contributed by atoms with Crippen molar-refractivity contribution in [2.45, 2.75) is 70.6 Å². The largest absolute Gasteiger partial charge is 0.508 e. The fourth-order valence-corrected chi connectivity index (χ4v) is 5.86. The molecule has 42 heavy (non-hydrogen) atoms. The number of rotatable bonds is 12. The molecule has 0 saturated heterocycles. The quantitative estimate of drug-likeness (QED) is 0.120. The Hall–Kier alpha value is -4.24. The first-order chi connectivity index (χ1) is 20.1. The van der Waals surface area contributed by atoms with E-state index in [1.807, 2.05) is 24.3 Å². The van der Waals surface area contributed by atoms with Crippen molar-refractivity contribution < 1.29 is 15.3 Å². The van der Waals surface area contributed by atoms with Gasteiger partial charge in [-0.25, -0.2) is 0 Å². The predicted octanol–water partition coefficient (Wildman–Crippen LogP) is 9.28. The van der Waals surface area contributed by atoms with Crippen LogP contribution in [0.5, 0.6) is 17.2 Å². The number of phenols is 3. The SMILES string of the molecule is C=CCc1cc(C(C)(c2ccc(C(C)(C)c3ccc(O)c(CCCC)c3)cc2)c2ccc(O)c(CC=C)c2)ccc1O. The summed E-state index contributed by atoms with van der Waals surface area (Å²) in [6.45, 7) is 16.5. The zero-order valence-corrected chi connectivity index (χ0v) is 25.5. The van der Waals surface area contributed by atoms with E-state index < -0.39 is 5.41 Å². The maximum absolute atomic E-state index is 10.5. The van der Waals surface area contributed by atoms with Crippen molar-refractivity contribution in [3.63, 3.8) is 0 Å². The standard InChI is InChI=1S/C39H44O3/c1-7-10-13-29-24-32(18-21-37(29)42)38(4,5)30-14-16-31(17-15-30)39(6,33-19-22-35(40)27(25-33)11-8-2)34-20-23-36(41)28(26-34)12-9-3/h8-9,14-26,40-42H,2-3,7,10-13H2,1,4-6H3.